The maximum atomic E-state index is 12.8. The topological polar surface area (TPSA) is 73.3 Å². The number of benzene rings is 1. The number of nitrogens with zero attached hydrogens (tertiary/aromatic N) is 1. The van der Waals surface area contributed by atoms with Gasteiger partial charge in [0.1, 0.15) is 0 Å². The minimum absolute atomic E-state index is 0.0424. The van der Waals surface area contributed by atoms with Crippen molar-refractivity contribution in [2.24, 2.45) is 5.92 Å². The standard InChI is InChI=1S/C17H14BrNO4/c1-8-14-15(11-7-9(18)3-5-12(11)19-8)17(22)10(16(14)21)4-6-13(20)23-2/h3,5,7,10H,4,6H2,1-2H3. The first-order valence-corrected chi connectivity index (χ1v) is 7.98. The minimum atomic E-state index is -0.825. The van der Waals surface area contributed by atoms with E-state index in [1.54, 1.807) is 13.0 Å². The molecule has 0 N–H and O–H groups in total. The molecule has 0 bridgehead atoms. The van der Waals surface area contributed by atoms with Crippen molar-refractivity contribution in [1.82, 2.24) is 4.98 Å². The molecular formula is C17H14BrNO4. The number of ketones is 2. The van der Waals surface area contributed by atoms with E-state index < -0.39 is 11.9 Å². The van der Waals surface area contributed by atoms with Gasteiger partial charge < -0.3 is 4.74 Å². The number of hydrogen-bond donors (Lipinski definition) is 0. The van der Waals surface area contributed by atoms with Crippen LogP contribution in [-0.4, -0.2) is 29.6 Å². The monoisotopic (exact) mass is 375 g/mol. The van der Waals surface area contributed by atoms with Crippen LogP contribution in [0.5, 0.6) is 0 Å². The lowest BCUT2D eigenvalue weighted by Crippen LogP contribution is -2.17. The molecule has 1 aromatic carbocycles. The van der Waals surface area contributed by atoms with Gasteiger partial charge >= 0.3 is 5.97 Å². The first-order chi connectivity index (χ1) is 10.9. The Morgan fingerprint density at radius 2 is 1.96 bits per heavy atom. The summed E-state index contributed by atoms with van der Waals surface area (Å²) >= 11 is 3.38. The van der Waals surface area contributed by atoms with Crippen LogP contribution < -0.4 is 0 Å². The van der Waals surface area contributed by atoms with Crippen molar-refractivity contribution >= 4 is 44.4 Å². The zero-order valence-electron chi connectivity index (χ0n) is 12.7. The number of hydrogen-bond acceptors (Lipinski definition) is 5. The lowest BCUT2D eigenvalue weighted by molar-refractivity contribution is -0.140. The number of rotatable bonds is 3. The number of carbonyl (C=O) groups is 3. The van der Waals surface area contributed by atoms with Crippen LogP contribution in [0.3, 0.4) is 0 Å². The van der Waals surface area contributed by atoms with Gasteiger partial charge in [-0.25, -0.2) is 0 Å². The molecule has 0 saturated carbocycles. The zero-order valence-corrected chi connectivity index (χ0v) is 14.3. The maximum absolute atomic E-state index is 12.8. The summed E-state index contributed by atoms with van der Waals surface area (Å²) < 4.78 is 5.40. The van der Waals surface area contributed by atoms with Crippen LogP contribution in [0.1, 0.15) is 39.3 Å². The highest BCUT2D eigenvalue weighted by Crippen LogP contribution is 2.36. The molecule has 0 spiro atoms. The van der Waals surface area contributed by atoms with Gasteiger partial charge in [0.25, 0.3) is 0 Å². The van der Waals surface area contributed by atoms with E-state index >= 15 is 0 Å². The molecule has 0 radical (unpaired) electrons. The number of ether oxygens (including phenoxy) is 1. The summed E-state index contributed by atoms with van der Waals surface area (Å²) in [4.78, 5) is 41.2. The molecule has 3 rings (SSSR count). The zero-order chi connectivity index (χ0) is 16.7. The van der Waals surface area contributed by atoms with Gasteiger partial charge in [0.05, 0.1) is 24.1 Å². The fourth-order valence-corrected chi connectivity index (χ4v) is 3.37. The van der Waals surface area contributed by atoms with Crippen LogP contribution in [0, 0.1) is 12.8 Å². The Labute approximate surface area is 141 Å². The van der Waals surface area contributed by atoms with Gasteiger partial charge in [-0.3, -0.25) is 19.4 Å². The van der Waals surface area contributed by atoms with Gasteiger partial charge in [-0.2, -0.15) is 0 Å². The first-order valence-electron chi connectivity index (χ1n) is 7.19. The van der Waals surface area contributed by atoms with E-state index in [9.17, 15) is 14.4 Å². The van der Waals surface area contributed by atoms with E-state index in [-0.39, 0.29) is 24.4 Å². The average Bonchev–Trinajstić information content (AvgIpc) is 2.78. The Kier molecular flexibility index (Phi) is 4.02. The quantitative estimate of drug-likeness (QED) is 0.607. The second-order valence-corrected chi connectivity index (χ2v) is 6.42. The van der Waals surface area contributed by atoms with E-state index in [4.69, 9.17) is 0 Å². The molecule has 6 heteroatoms. The predicted molar refractivity (Wildman–Crippen MR) is 87.6 cm³/mol. The molecule has 1 aliphatic rings. The number of pyridine rings is 1. The van der Waals surface area contributed by atoms with E-state index in [0.717, 1.165) is 4.47 Å². The van der Waals surface area contributed by atoms with Crippen molar-refractivity contribution in [3.05, 3.63) is 39.5 Å². The lowest BCUT2D eigenvalue weighted by Gasteiger charge is -2.06. The highest BCUT2D eigenvalue weighted by Gasteiger charge is 2.41. The fraction of sp³-hybridized carbons (Fsp3) is 0.294. The molecule has 0 fully saturated rings. The van der Waals surface area contributed by atoms with Crippen molar-refractivity contribution in [3.63, 3.8) is 0 Å². The van der Waals surface area contributed by atoms with Crippen molar-refractivity contribution in [2.45, 2.75) is 19.8 Å². The second-order valence-electron chi connectivity index (χ2n) is 5.50. The van der Waals surface area contributed by atoms with E-state index in [1.165, 1.54) is 7.11 Å². The lowest BCUT2D eigenvalue weighted by atomic mass is 9.97. The van der Waals surface area contributed by atoms with E-state index in [1.807, 2.05) is 12.1 Å². The summed E-state index contributed by atoms with van der Waals surface area (Å²) in [5.74, 6) is -1.73. The van der Waals surface area contributed by atoms with Crippen LogP contribution in [0.2, 0.25) is 0 Å². The number of halogens is 1. The molecule has 0 aliphatic heterocycles. The van der Waals surface area contributed by atoms with Gasteiger partial charge in [-0.15, -0.1) is 0 Å². The Morgan fingerprint density at radius 3 is 2.65 bits per heavy atom. The highest BCUT2D eigenvalue weighted by molar-refractivity contribution is 9.10. The maximum Gasteiger partial charge on any atom is 0.305 e. The number of methoxy groups -OCH3 is 1. The van der Waals surface area contributed by atoms with Crippen LogP contribution in [0.25, 0.3) is 10.9 Å². The van der Waals surface area contributed by atoms with Crippen molar-refractivity contribution in [2.75, 3.05) is 7.11 Å². The normalized spacial score (nSPS) is 16.7. The van der Waals surface area contributed by atoms with Gasteiger partial charge in [0.15, 0.2) is 11.6 Å². The van der Waals surface area contributed by atoms with Gasteiger partial charge in [0.2, 0.25) is 0 Å². The Morgan fingerprint density at radius 1 is 1.26 bits per heavy atom. The first kappa shape index (κ1) is 15.8. The third kappa shape index (κ3) is 2.57. The summed E-state index contributed by atoms with van der Waals surface area (Å²) in [5.41, 5.74) is 2.04. The summed E-state index contributed by atoms with van der Waals surface area (Å²) in [7, 11) is 1.29. The molecule has 23 heavy (non-hydrogen) atoms. The van der Waals surface area contributed by atoms with Crippen molar-refractivity contribution < 1.29 is 19.1 Å². The van der Waals surface area contributed by atoms with E-state index in [0.29, 0.717) is 27.7 Å². The summed E-state index contributed by atoms with van der Waals surface area (Å²) in [6.45, 7) is 1.73. The number of aryl methyl sites for hydroxylation is 1. The van der Waals surface area contributed by atoms with Crippen molar-refractivity contribution in [1.29, 1.82) is 0 Å². The Bertz CT molecular complexity index is 859. The molecule has 1 aromatic heterocycles. The molecule has 1 unspecified atom stereocenters. The van der Waals surface area contributed by atoms with Crippen LogP contribution in [0.4, 0.5) is 0 Å². The number of aromatic nitrogens is 1. The molecule has 1 atom stereocenters. The summed E-state index contributed by atoms with van der Waals surface area (Å²) in [6, 6.07) is 5.46. The SMILES string of the molecule is COC(=O)CCC1C(=O)c2c(C)nc3ccc(Br)cc3c2C1=O. The molecule has 0 saturated heterocycles. The molecular weight excluding hydrogens is 362 g/mol. The fourth-order valence-electron chi connectivity index (χ4n) is 3.01. The minimum Gasteiger partial charge on any atom is -0.469 e. The van der Waals surface area contributed by atoms with Crippen molar-refractivity contribution in [3.8, 4) is 0 Å². The molecule has 118 valence electrons. The van der Waals surface area contributed by atoms with Gasteiger partial charge in [-0.05, 0) is 31.5 Å². The number of Topliss-reactive ketones (excluding diaryl/α,β-unsaturated/α-hetero) is 2. The predicted octanol–water partition coefficient (Wildman–Crippen LogP) is 3.25. The molecule has 0 amide bonds. The number of fused-ring (bicyclic) bond motifs is 3. The molecule has 1 heterocycles. The average molecular weight is 376 g/mol. The molecule has 1 aliphatic carbocycles. The molecule has 2 aromatic rings. The van der Waals surface area contributed by atoms with Gasteiger partial charge in [0, 0.05) is 27.5 Å². The van der Waals surface area contributed by atoms with Crippen LogP contribution >= 0.6 is 15.9 Å². The third-order valence-electron chi connectivity index (χ3n) is 4.12. The summed E-state index contributed by atoms with van der Waals surface area (Å²) in [5, 5.41) is 0.666. The van der Waals surface area contributed by atoms with E-state index in [2.05, 4.69) is 25.7 Å². The smallest absolute Gasteiger partial charge is 0.305 e. The number of carbonyl (C=O) groups excluding carboxylic acids is 3. The Hall–Kier alpha value is -2.08. The third-order valence-corrected chi connectivity index (χ3v) is 4.61. The van der Waals surface area contributed by atoms with Crippen LogP contribution in [0.15, 0.2) is 22.7 Å². The second kappa shape index (κ2) is 5.85. The Balaban J connectivity index is 2.10. The summed E-state index contributed by atoms with van der Waals surface area (Å²) in [6.07, 6.45) is 0.203. The molecule has 5 nitrogen and oxygen atoms in total. The number of esters is 1. The largest absolute Gasteiger partial charge is 0.469 e. The highest BCUT2D eigenvalue weighted by atomic mass is 79.9. The van der Waals surface area contributed by atoms with Crippen LogP contribution in [-0.2, 0) is 9.53 Å². The van der Waals surface area contributed by atoms with Gasteiger partial charge in [-0.1, -0.05) is 15.9 Å².